The van der Waals surface area contributed by atoms with E-state index in [1.165, 1.54) is 0 Å². The molecule has 2 aromatic heterocycles. The van der Waals surface area contributed by atoms with Crippen molar-refractivity contribution in [3.05, 3.63) is 71.2 Å². The van der Waals surface area contributed by atoms with Gasteiger partial charge in [-0.2, -0.15) is 0 Å². The fourth-order valence-electron chi connectivity index (χ4n) is 2.54. The Bertz CT molecular complexity index is 928. The van der Waals surface area contributed by atoms with Crippen LogP contribution < -0.4 is 0 Å². The van der Waals surface area contributed by atoms with Crippen molar-refractivity contribution >= 4 is 15.5 Å². The number of aryl methyl sites for hydroxylation is 1. The zero-order chi connectivity index (χ0) is 16.4. The Morgan fingerprint density at radius 3 is 2.39 bits per heavy atom. The highest BCUT2D eigenvalue weighted by molar-refractivity contribution is 7.89. The molecule has 3 aromatic rings. The van der Waals surface area contributed by atoms with E-state index in [1.807, 2.05) is 29.5 Å². The maximum absolute atomic E-state index is 12.4. The van der Waals surface area contributed by atoms with Gasteiger partial charge in [0.25, 0.3) is 0 Å². The number of hydrogen-bond donors (Lipinski definition) is 1. The molecule has 0 amide bonds. The average Bonchev–Trinajstić information content (AvgIpc) is 2.90. The third-order valence-electron chi connectivity index (χ3n) is 3.71. The van der Waals surface area contributed by atoms with Gasteiger partial charge < -0.3 is 9.51 Å². The maximum atomic E-state index is 12.4. The molecule has 0 spiro atoms. The van der Waals surface area contributed by atoms with Crippen LogP contribution in [-0.4, -0.2) is 22.9 Å². The molecular weight excluding hydrogens is 312 g/mol. The van der Waals surface area contributed by atoms with E-state index in [0.29, 0.717) is 11.3 Å². The van der Waals surface area contributed by atoms with E-state index >= 15 is 0 Å². The van der Waals surface area contributed by atoms with Crippen LogP contribution in [0.1, 0.15) is 22.5 Å². The largest absolute Gasteiger partial charge is 0.392 e. The van der Waals surface area contributed by atoms with E-state index in [0.717, 1.165) is 16.9 Å². The van der Waals surface area contributed by atoms with Crippen molar-refractivity contribution < 1.29 is 13.5 Å². The van der Waals surface area contributed by atoms with Gasteiger partial charge in [-0.25, -0.2) is 13.4 Å². The Morgan fingerprint density at radius 2 is 1.74 bits per heavy atom. The minimum absolute atomic E-state index is 0.0361. The number of rotatable bonds is 5. The van der Waals surface area contributed by atoms with Crippen LogP contribution in [0, 0.1) is 6.92 Å². The van der Waals surface area contributed by atoms with Crippen molar-refractivity contribution in [3.63, 3.8) is 0 Å². The maximum Gasteiger partial charge on any atom is 0.160 e. The summed E-state index contributed by atoms with van der Waals surface area (Å²) in [5, 5.41) is 9.02. The molecule has 0 aliphatic carbocycles. The fraction of sp³-hybridized carbons (Fsp3) is 0.235. The lowest BCUT2D eigenvalue weighted by Gasteiger charge is -2.04. The highest BCUT2D eigenvalue weighted by atomic mass is 32.2. The molecule has 0 aliphatic heterocycles. The van der Waals surface area contributed by atoms with Crippen molar-refractivity contribution in [1.29, 1.82) is 0 Å². The van der Waals surface area contributed by atoms with E-state index in [-0.39, 0.29) is 18.1 Å². The van der Waals surface area contributed by atoms with Crippen molar-refractivity contribution in [2.45, 2.75) is 25.0 Å². The first-order chi connectivity index (χ1) is 11.0. The van der Waals surface area contributed by atoms with E-state index in [1.54, 1.807) is 30.5 Å². The molecule has 120 valence electrons. The molecule has 0 radical (unpaired) electrons. The molecule has 0 unspecified atom stereocenters. The van der Waals surface area contributed by atoms with Crippen LogP contribution in [-0.2, 0) is 27.9 Å². The summed E-state index contributed by atoms with van der Waals surface area (Å²) in [5.41, 5.74) is 3.79. The normalized spacial score (nSPS) is 11.9. The summed E-state index contributed by atoms with van der Waals surface area (Å²) in [7, 11) is -3.31. The third kappa shape index (κ3) is 3.60. The SMILES string of the molecule is Cc1cccc2nc(CS(=O)(=O)Cc3ccc(CO)cc3)cn12. The molecule has 0 atom stereocenters. The molecule has 0 fully saturated rings. The Hall–Kier alpha value is -2.18. The smallest absolute Gasteiger partial charge is 0.160 e. The van der Waals surface area contributed by atoms with Crippen LogP contribution in [0.15, 0.2) is 48.7 Å². The lowest BCUT2D eigenvalue weighted by atomic mass is 10.2. The fourth-order valence-corrected chi connectivity index (χ4v) is 3.93. The monoisotopic (exact) mass is 330 g/mol. The molecule has 0 saturated carbocycles. The van der Waals surface area contributed by atoms with Gasteiger partial charge in [0.1, 0.15) is 5.65 Å². The highest BCUT2D eigenvalue weighted by Gasteiger charge is 2.16. The second kappa shape index (κ2) is 6.14. The summed E-state index contributed by atoms with van der Waals surface area (Å²) in [6, 6.07) is 12.6. The Labute approximate surface area is 135 Å². The second-order valence-electron chi connectivity index (χ2n) is 5.63. The second-order valence-corrected chi connectivity index (χ2v) is 7.70. The van der Waals surface area contributed by atoms with Gasteiger partial charge in [-0.15, -0.1) is 0 Å². The first kappa shape index (κ1) is 15.7. The van der Waals surface area contributed by atoms with Crippen LogP contribution in [0.3, 0.4) is 0 Å². The lowest BCUT2D eigenvalue weighted by molar-refractivity contribution is 0.282. The number of hydrogen-bond acceptors (Lipinski definition) is 4. The Morgan fingerprint density at radius 1 is 1.04 bits per heavy atom. The van der Waals surface area contributed by atoms with Crippen LogP contribution in [0.4, 0.5) is 0 Å². The Balaban J connectivity index is 1.80. The van der Waals surface area contributed by atoms with Gasteiger partial charge in [-0.05, 0) is 30.2 Å². The predicted octanol–water partition coefficient (Wildman–Crippen LogP) is 2.25. The van der Waals surface area contributed by atoms with Gasteiger partial charge in [-0.1, -0.05) is 30.3 Å². The van der Waals surface area contributed by atoms with Gasteiger partial charge in [-0.3, -0.25) is 0 Å². The first-order valence-corrected chi connectivity index (χ1v) is 9.12. The molecule has 6 heteroatoms. The molecule has 1 aromatic carbocycles. The number of benzene rings is 1. The van der Waals surface area contributed by atoms with Crippen molar-refractivity contribution in [3.8, 4) is 0 Å². The van der Waals surface area contributed by atoms with E-state index in [4.69, 9.17) is 5.11 Å². The van der Waals surface area contributed by atoms with Gasteiger partial charge in [0.2, 0.25) is 0 Å². The highest BCUT2D eigenvalue weighted by Crippen LogP contribution is 2.15. The molecule has 0 saturated heterocycles. The van der Waals surface area contributed by atoms with Gasteiger partial charge in [0, 0.05) is 11.9 Å². The van der Waals surface area contributed by atoms with Crippen molar-refractivity contribution in [2.75, 3.05) is 0 Å². The van der Waals surface area contributed by atoms with Crippen LogP contribution in [0.2, 0.25) is 0 Å². The summed E-state index contributed by atoms with van der Waals surface area (Å²) in [4.78, 5) is 4.38. The number of pyridine rings is 1. The number of sulfone groups is 1. The molecule has 0 aliphatic rings. The van der Waals surface area contributed by atoms with Crippen LogP contribution in [0.5, 0.6) is 0 Å². The number of fused-ring (bicyclic) bond motifs is 1. The summed E-state index contributed by atoms with van der Waals surface area (Å²) < 4.78 is 26.7. The number of aliphatic hydroxyl groups excluding tert-OH is 1. The average molecular weight is 330 g/mol. The summed E-state index contributed by atoms with van der Waals surface area (Å²) >= 11 is 0. The quantitative estimate of drug-likeness (QED) is 0.779. The van der Waals surface area contributed by atoms with Crippen LogP contribution >= 0.6 is 0 Å². The minimum Gasteiger partial charge on any atom is -0.392 e. The van der Waals surface area contributed by atoms with Gasteiger partial charge in [0.15, 0.2) is 9.84 Å². The lowest BCUT2D eigenvalue weighted by Crippen LogP contribution is -2.08. The van der Waals surface area contributed by atoms with Crippen molar-refractivity contribution in [1.82, 2.24) is 9.38 Å². The zero-order valence-electron chi connectivity index (χ0n) is 12.8. The standard InChI is InChI=1S/C17H18N2O3S/c1-13-3-2-4-17-18-16(9-19(13)17)12-23(21,22)11-15-7-5-14(10-20)6-8-15/h2-9,20H,10-12H2,1H3. The van der Waals surface area contributed by atoms with Crippen LogP contribution in [0.25, 0.3) is 5.65 Å². The minimum atomic E-state index is -3.31. The number of aromatic nitrogens is 2. The number of imidazole rings is 1. The zero-order valence-corrected chi connectivity index (χ0v) is 13.6. The molecule has 1 N–H and O–H groups in total. The molecule has 0 bridgehead atoms. The van der Waals surface area contributed by atoms with E-state index in [2.05, 4.69) is 4.98 Å². The molecule has 23 heavy (non-hydrogen) atoms. The summed E-state index contributed by atoms with van der Waals surface area (Å²) in [6.45, 7) is 1.91. The molecular formula is C17H18N2O3S. The van der Waals surface area contributed by atoms with E-state index < -0.39 is 9.84 Å². The first-order valence-electron chi connectivity index (χ1n) is 7.29. The summed E-state index contributed by atoms with van der Waals surface area (Å²) in [5.74, 6) is -0.124. The van der Waals surface area contributed by atoms with Crippen molar-refractivity contribution in [2.24, 2.45) is 0 Å². The number of nitrogens with zero attached hydrogens (tertiary/aromatic N) is 2. The topological polar surface area (TPSA) is 71.7 Å². The van der Waals surface area contributed by atoms with Gasteiger partial charge >= 0.3 is 0 Å². The Kier molecular flexibility index (Phi) is 4.19. The molecule has 2 heterocycles. The van der Waals surface area contributed by atoms with E-state index in [9.17, 15) is 8.42 Å². The summed E-state index contributed by atoms with van der Waals surface area (Å²) in [6.07, 6.45) is 1.77. The molecule has 5 nitrogen and oxygen atoms in total. The third-order valence-corrected chi connectivity index (χ3v) is 5.21. The molecule has 3 rings (SSSR count). The number of aliphatic hydroxyl groups is 1. The van der Waals surface area contributed by atoms with Gasteiger partial charge in [0.05, 0.1) is 23.8 Å². The predicted molar refractivity (Wildman–Crippen MR) is 88.6 cm³/mol.